The van der Waals surface area contributed by atoms with Gasteiger partial charge in [0.25, 0.3) is 0 Å². The van der Waals surface area contributed by atoms with Gasteiger partial charge in [-0.05, 0) is 26.0 Å². The summed E-state index contributed by atoms with van der Waals surface area (Å²) in [5, 5.41) is 9.59. The lowest BCUT2D eigenvalue weighted by Gasteiger charge is -2.18. The first-order valence-electron chi connectivity index (χ1n) is 4.59. The van der Waals surface area contributed by atoms with Gasteiger partial charge in [0, 0.05) is 22.8 Å². The molecule has 5 heteroatoms. The number of thioether (sulfide) groups is 1. The molecular formula is C10H17N3OS. The number of anilines is 3. The van der Waals surface area contributed by atoms with E-state index in [1.807, 2.05) is 0 Å². The number of hydrogen-bond acceptors (Lipinski definition) is 5. The van der Waals surface area contributed by atoms with Crippen LogP contribution in [0.3, 0.4) is 0 Å². The Hall–Kier alpha value is -1.07. The van der Waals surface area contributed by atoms with Gasteiger partial charge in [-0.3, -0.25) is 0 Å². The lowest BCUT2D eigenvalue weighted by Crippen LogP contribution is -2.21. The average Bonchev–Trinajstić information content (AvgIpc) is 1.99. The van der Waals surface area contributed by atoms with E-state index in [-0.39, 0.29) is 0 Å². The zero-order valence-electron chi connectivity index (χ0n) is 8.95. The first-order chi connectivity index (χ1) is 6.79. The summed E-state index contributed by atoms with van der Waals surface area (Å²) in [5.74, 6) is 0.533. The van der Waals surface area contributed by atoms with Gasteiger partial charge < -0.3 is 22.3 Å². The Balaban J connectivity index is 2.86. The zero-order valence-corrected chi connectivity index (χ0v) is 9.77. The molecule has 0 unspecified atom stereocenters. The van der Waals surface area contributed by atoms with E-state index in [2.05, 4.69) is 0 Å². The monoisotopic (exact) mass is 227 g/mol. The van der Waals surface area contributed by atoms with Crippen molar-refractivity contribution in [3.63, 3.8) is 0 Å². The van der Waals surface area contributed by atoms with Crippen LogP contribution in [0.15, 0.2) is 17.0 Å². The SMILES string of the molecule is CC(C)(O)CSc1c(N)cc(N)cc1N. The van der Waals surface area contributed by atoms with Crippen molar-refractivity contribution in [3.05, 3.63) is 12.1 Å². The van der Waals surface area contributed by atoms with Gasteiger partial charge in [0.2, 0.25) is 0 Å². The maximum absolute atomic E-state index is 9.59. The van der Waals surface area contributed by atoms with Crippen molar-refractivity contribution in [2.45, 2.75) is 24.3 Å². The third-order valence-corrected chi connectivity index (χ3v) is 3.35. The second kappa shape index (κ2) is 4.20. The zero-order chi connectivity index (χ0) is 11.6. The standard InChI is InChI=1S/C10H17N3OS/c1-10(2,14)5-15-9-7(12)3-6(11)4-8(9)13/h3-4,14H,5,11-13H2,1-2H3. The minimum atomic E-state index is -0.745. The number of rotatable bonds is 3. The van der Waals surface area contributed by atoms with Crippen LogP contribution in [0.4, 0.5) is 17.1 Å². The third kappa shape index (κ3) is 3.53. The van der Waals surface area contributed by atoms with E-state index in [0.29, 0.717) is 22.8 Å². The number of nitrogens with two attached hydrogens (primary N) is 3. The molecule has 0 aliphatic heterocycles. The van der Waals surface area contributed by atoms with Gasteiger partial charge in [0.05, 0.1) is 10.5 Å². The second-order valence-electron chi connectivity index (χ2n) is 4.13. The Morgan fingerprint density at radius 2 is 1.67 bits per heavy atom. The number of aliphatic hydroxyl groups is 1. The molecule has 1 aromatic rings. The van der Waals surface area contributed by atoms with Crippen molar-refractivity contribution in [2.24, 2.45) is 0 Å². The highest BCUT2D eigenvalue weighted by Crippen LogP contribution is 2.34. The van der Waals surface area contributed by atoms with Crippen molar-refractivity contribution in [1.82, 2.24) is 0 Å². The van der Waals surface area contributed by atoms with Crippen molar-refractivity contribution < 1.29 is 5.11 Å². The molecule has 0 aromatic heterocycles. The Bertz CT molecular complexity index is 337. The van der Waals surface area contributed by atoms with Crippen LogP contribution in [-0.4, -0.2) is 16.5 Å². The van der Waals surface area contributed by atoms with Crippen LogP contribution in [0.1, 0.15) is 13.8 Å². The summed E-state index contributed by atoms with van der Waals surface area (Å²) in [6.07, 6.45) is 0. The lowest BCUT2D eigenvalue weighted by molar-refractivity contribution is 0.107. The van der Waals surface area contributed by atoms with E-state index in [1.54, 1.807) is 26.0 Å². The molecule has 0 radical (unpaired) electrons. The smallest absolute Gasteiger partial charge is 0.0685 e. The van der Waals surface area contributed by atoms with Crippen molar-refractivity contribution >= 4 is 28.8 Å². The topological polar surface area (TPSA) is 98.3 Å². The van der Waals surface area contributed by atoms with Crippen molar-refractivity contribution in [3.8, 4) is 0 Å². The fourth-order valence-corrected chi connectivity index (χ4v) is 2.06. The van der Waals surface area contributed by atoms with Crippen LogP contribution >= 0.6 is 11.8 Å². The largest absolute Gasteiger partial charge is 0.399 e. The Morgan fingerprint density at radius 3 is 2.07 bits per heavy atom. The van der Waals surface area contributed by atoms with Gasteiger partial charge in [0.15, 0.2) is 0 Å². The van der Waals surface area contributed by atoms with Gasteiger partial charge >= 0.3 is 0 Å². The van der Waals surface area contributed by atoms with Gasteiger partial charge in [0.1, 0.15) is 0 Å². The van der Waals surface area contributed by atoms with Gasteiger partial charge in [-0.2, -0.15) is 0 Å². The Morgan fingerprint density at radius 1 is 1.20 bits per heavy atom. The molecular weight excluding hydrogens is 210 g/mol. The molecule has 0 atom stereocenters. The first kappa shape index (κ1) is 12.0. The fraction of sp³-hybridized carbons (Fsp3) is 0.400. The third-order valence-electron chi connectivity index (χ3n) is 1.74. The lowest BCUT2D eigenvalue weighted by atomic mass is 10.2. The first-order valence-corrected chi connectivity index (χ1v) is 5.58. The summed E-state index contributed by atoms with van der Waals surface area (Å²) < 4.78 is 0. The Labute approximate surface area is 93.8 Å². The highest BCUT2D eigenvalue weighted by Gasteiger charge is 2.15. The van der Waals surface area contributed by atoms with E-state index in [1.165, 1.54) is 11.8 Å². The molecule has 0 heterocycles. The fourth-order valence-electron chi connectivity index (χ4n) is 1.11. The summed E-state index contributed by atoms with van der Waals surface area (Å²) in [5.41, 5.74) is 18.1. The minimum Gasteiger partial charge on any atom is -0.399 e. The molecule has 1 rings (SSSR count). The second-order valence-corrected chi connectivity index (χ2v) is 5.12. The van der Waals surface area contributed by atoms with Crippen LogP contribution in [-0.2, 0) is 0 Å². The van der Waals surface area contributed by atoms with Gasteiger partial charge in [-0.25, -0.2) is 0 Å². The molecule has 0 fully saturated rings. The van der Waals surface area contributed by atoms with E-state index in [9.17, 15) is 5.11 Å². The van der Waals surface area contributed by atoms with Crippen molar-refractivity contribution in [1.29, 1.82) is 0 Å². The van der Waals surface area contributed by atoms with Crippen LogP contribution < -0.4 is 17.2 Å². The Kier molecular flexibility index (Phi) is 3.36. The number of benzene rings is 1. The van der Waals surface area contributed by atoms with Crippen LogP contribution in [0.25, 0.3) is 0 Å². The van der Waals surface area contributed by atoms with Crippen LogP contribution in [0, 0.1) is 0 Å². The number of hydrogen-bond donors (Lipinski definition) is 4. The van der Waals surface area contributed by atoms with E-state index >= 15 is 0 Å². The average molecular weight is 227 g/mol. The molecule has 84 valence electrons. The molecule has 7 N–H and O–H groups in total. The predicted molar refractivity (Wildman–Crippen MR) is 66.7 cm³/mol. The molecule has 0 aliphatic rings. The van der Waals surface area contributed by atoms with Crippen LogP contribution in [0.5, 0.6) is 0 Å². The molecule has 15 heavy (non-hydrogen) atoms. The molecule has 0 bridgehead atoms. The predicted octanol–water partition coefficient (Wildman–Crippen LogP) is 1.30. The summed E-state index contributed by atoms with van der Waals surface area (Å²) in [6.45, 7) is 3.48. The highest BCUT2D eigenvalue weighted by molar-refractivity contribution is 7.99. The van der Waals surface area contributed by atoms with Crippen LogP contribution in [0.2, 0.25) is 0 Å². The maximum Gasteiger partial charge on any atom is 0.0685 e. The number of nitrogen functional groups attached to an aromatic ring is 3. The normalized spacial score (nSPS) is 11.7. The van der Waals surface area contributed by atoms with Gasteiger partial charge in [-0.1, -0.05) is 0 Å². The molecule has 0 aliphatic carbocycles. The summed E-state index contributed by atoms with van der Waals surface area (Å²) in [6, 6.07) is 3.34. The van der Waals surface area contributed by atoms with Gasteiger partial charge in [-0.15, -0.1) is 11.8 Å². The molecule has 0 amide bonds. The molecule has 0 spiro atoms. The highest BCUT2D eigenvalue weighted by atomic mass is 32.2. The van der Waals surface area contributed by atoms with E-state index in [0.717, 1.165) is 4.90 Å². The molecule has 0 saturated heterocycles. The maximum atomic E-state index is 9.59. The van der Waals surface area contributed by atoms with E-state index in [4.69, 9.17) is 17.2 Å². The van der Waals surface area contributed by atoms with Crippen molar-refractivity contribution in [2.75, 3.05) is 23.0 Å². The molecule has 4 nitrogen and oxygen atoms in total. The summed E-state index contributed by atoms with van der Waals surface area (Å²) in [7, 11) is 0. The summed E-state index contributed by atoms with van der Waals surface area (Å²) >= 11 is 1.43. The quantitative estimate of drug-likeness (QED) is 0.461. The summed E-state index contributed by atoms with van der Waals surface area (Å²) in [4.78, 5) is 0.784. The van der Waals surface area contributed by atoms with E-state index < -0.39 is 5.60 Å². The minimum absolute atomic E-state index is 0.533. The molecule has 1 aromatic carbocycles. The molecule has 0 saturated carbocycles.